The van der Waals surface area contributed by atoms with Gasteiger partial charge in [-0.15, -0.1) is 0 Å². The van der Waals surface area contributed by atoms with Gasteiger partial charge in [0.05, 0.1) is 6.54 Å². The summed E-state index contributed by atoms with van der Waals surface area (Å²) in [7, 11) is 0. The van der Waals surface area contributed by atoms with Crippen molar-refractivity contribution >= 4 is 28.7 Å². The van der Waals surface area contributed by atoms with Crippen LogP contribution in [-0.2, 0) is 13.1 Å². The van der Waals surface area contributed by atoms with Crippen LogP contribution in [0, 0.1) is 5.92 Å². The predicted molar refractivity (Wildman–Crippen MR) is 109 cm³/mol. The number of amides is 1. The molecule has 0 spiro atoms. The summed E-state index contributed by atoms with van der Waals surface area (Å²) in [6.07, 6.45) is 2.76. The molecule has 0 aliphatic heterocycles. The van der Waals surface area contributed by atoms with Crippen LogP contribution in [-0.4, -0.2) is 31.9 Å². The van der Waals surface area contributed by atoms with Crippen molar-refractivity contribution in [1.29, 1.82) is 0 Å². The second kappa shape index (κ2) is 8.53. The van der Waals surface area contributed by atoms with Crippen molar-refractivity contribution in [1.82, 2.24) is 19.4 Å². The van der Waals surface area contributed by atoms with E-state index in [1.54, 1.807) is 30.5 Å². The maximum absolute atomic E-state index is 13.1. The number of benzene rings is 1. The van der Waals surface area contributed by atoms with Crippen molar-refractivity contribution in [3.05, 3.63) is 59.0 Å². The molecule has 0 bridgehead atoms. The summed E-state index contributed by atoms with van der Waals surface area (Å²) in [5, 5.41) is 0.623. The molecule has 6 heteroatoms. The molecule has 3 aromatic rings. The fourth-order valence-corrected chi connectivity index (χ4v) is 3.32. The molecule has 5 nitrogen and oxygen atoms in total. The molecule has 27 heavy (non-hydrogen) atoms. The van der Waals surface area contributed by atoms with E-state index < -0.39 is 0 Å². The summed E-state index contributed by atoms with van der Waals surface area (Å²) < 4.78 is 2.12. The van der Waals surface area contributed by atoms with Gasteiger partial charge in [-0.1, -0.05) is 32.4 Å². The molecular formula is C21H25ClN4O. The first-order valence-corrected chi connectivity index (χ1v) is 9.72. The third-order valence-electron chi connectivity index (χ3n) is 4.33. The first-order chi connectivity index (χ1) is 13.0. The molecule has 0 atom stereocenters. The molecule has 0 radical (unpaired) electrons. The van der Waals surface area contributed by atoms with Gasteiger partial charge < -0.3 is 9.47 Å². The highest BCUT2D eigenvalue weighted by Gasteiger charge is 2.21. The number of carbonyl (C=O) groups is 1. The van der Waals surface area contributed by atoms with Crippen LogP contribution in [0.4, 0.5) is 0 Å². The maximum Gasteiger partial charge on any atom is 0.254 e. The van der Waals surface area contributed by atoms with E-state index in [2.05, 4.69) is 30.3 Å². The van der Waals surface area contributed by atoms with Gasteiger partial charge in [0, 0.05) is 29.9 Å². The van der Waals surface area contributed by atoms with Gasteiger partial charge >= 0.3 is 0 Å². The maximum atomic E-state index is 13.1. The number of imidazole rings is 1. The number of aryl methyl sites for hydroxylation is 1. The Hall–Kier alpha value is -2.40. The van der Waals surface area contributed by atoms with Crippen molar-refractivity contribution in [2.24, 2.45) is 5.92 Å². The minimum Gasteiger partial charge on any atom is -0.331 e. The third kappa shape index (κ3) is 4.48. The molecule has 0 fully saturated rings. The first kappa shape index (κ1) is 19.4. The lowest BCUT2D eigenvalue weighted by Crippen LogP contribution is -2.34. The zero-order valence-corrected chi connectivity index (χ0v) is 16.8. The number of fused-ring (bicyclic) bond motifs is 1. The third-order valence-corrected chi connectivity index (χ3v) is 4.58. The summed E-state index contributed by atoms with van der Waals surface area (Å²) in [6, 6.07) is 10.9. The summed E-state index contributed by atoms with van der Waals surface area (Å²) in [5.41, 5.74) is 2.37. The summed E-state index contributed by atoms with van der Waals surface area (Å²) in [6.45, 7) is 8.29. The number of carbonyl (C=O) groups excluding carboxylic acids is 1. The SMILES string of the molecule is CCCn1c(CN(CC(C)C)C(=O)c2ccc(Cl)cc2)nc2cccnc21. The molecule has 0 saturated carbocycles. The standard InChI is InChI=1S/C21H25ClN4O/c1-4-12-26-19(24-18-6-5-11-23-20(18)26)14-25(13-15(2)3)21(27)16-7-9-17(22)10-8-16/h5-11,15H,4,12-14H2,1-3H3. The Morgan fingerprint density at radius 3 is 2.63 bits per heavy atom. The second-order valence-electron chi connectivity index (χ2n) is 7.11. The van der Waals surface area contributed by atoms with Crippen LogP contribution in [0.2, 0.25) is 5.02 Å². The number of rotatable bonds is 7. The highest BCUT2D eigenvalue weighted by molar-refractivity contribution is 6.30. The van der Waals surface area contributed by atoms with Gasteiger partial charge in [0.1, 0.15) is 11.3 Å². The second-order valence-corrected chi connectivity index (χ2v) is 7.55. The van der Waals surface area contributed by atoms with Gasteiger partial charge in [-0.2, -0.15) is 0 Å². The molecule has 2 heterocycles. The normalized spacial score (nSPS) is 11.3. The fourth-order valence-electron chi connectivity index (χ4n) is 3.19. The van der Waals surface area contributed by atoms with Gasteiger partial charge in [-0.25, -0.2) is 9.97 Å². The molecule has 0 aliphatic carbocycles. The van der Waals surface area contributed by atoms with E-state index in [4.69, 9.17) is 16.6 Å². The highest BCUT2D eigenvalue weighted by atomic mass is 35.5. The minimum atomic E-state index is -0.0107. The Labute approximate surface area is 165 Å². The van der Waals surface area contributed by atoms with Crippen LogP contribution < -0.4 is 0 Å². The lowest BCUT2D eigenvalue weighted by atomic mass is 10.1. The Kier molecular flexibility index (Phi) is 6.11. The van der Waals surface area contributed by atoms with Gasteiger partial charge in [-0.3, -0.25) is 4.79 Å². The lowest BCUT2D eigenvalue weighted by Gasteiger charge is -2.25. The Morgan fingerprint density at radius 2 is 1.96 bits per heavy atom. The fraction of sp³-hybridized carbons (Fsp3) is 0.381. The number of aromatic nitrogens is 3. The quantitative estimate of drug-likeness (QED) is 0.588. The van der Waals surface area contributed by atoms with Crippen LogP contribution in [0.5, 0.6) is 0 Å². The molecule has 0 unspecified atom stereocenters. The molecule has 0 aliphatic rings. The van der Waals surface area contributed by atoms with E-state index in [0.29, 0.717) is 29.6 Å². The molecule has 3 rings (SSSR count). The van der Waals surface area contributed by atoms with Crippen LogP contribution in [0.15, 0.2) is 42.6 Å². The topological polar surface area (TPSA) is 51.0 Å². The molecule has 142 valence electrons. The van der Waals surface area contributed by atoms with E-state index >= 15 is 0 Å². The number of hydrogen-bond donors (Lipinski definition) is 0. The molecular weight excluding hydrogens is 360 g/mol. The smallest absolute Gasteiger partial charge is 0.254 e. The number of pyridine rings is 1. The Balaban J connectivity index is 1.95. The Morgan fingerprint density at radius 1 is 1.22 bits per heavy atom. The molecule has 2 aromatic heterocycles. The largest absolute Gasteiger partial charge is 0.331 e. The number of halogens is 1. The number of nitrogens with zero attached hydrogens (tertiary/aromatic N) is 4. The Bertz CT molecular complexity index is 918. The zero-order chi connectivity index (χ0) is 19.4. The average Bonchev–Trinajstić information content (AvgIpc) is 2.99. The van der Waals surface area contributed by atoms with E-state index in [-0.39, 0.29) is 5.91 Å². The molecule has 1 aromatic carbocycles. The van der Waals surface area contributed by atoms with Gasteiger partial charge in [-0.05, 0) is 48.7 Å². The van der Waals surface area contributed by atoms with Crippen LogP contribution in [0.3, 0.4) is 0 Å². The molecule has 0 saturated heterocycles. The van der Waals surface area contributed by atoms with E-state index in [0.717, 1.165) is 30.0 Å². The average molecular weight is 385 g/mol. The van der Waals surface area contributed by atoms with E-state index in [1.165, 1.54) is 0 Å². The van der Waals surface area contributed by atoms with Gasteiger partial charge in [0.2, 0.25) is 0 Å². The van der Waals surface area contributed by atoms with E-state index in [1.807, 2.05) is 17.0 Å². The van der Waals surface area contributed by atoms with Crippen LogP contribution in [0.1, 0.15) is 43.4 Å². The van der Waals surface area contributed by atoms with Crippen LogP contribution in [0.25, 0.3) is 11.2 Å². The predicted octanol–water partition coefficient (Wildman–Crippen LogP) is 4.79. The summed E-state index contributed by atoms with van der Waals surface area (Å²) in [5.74, 6) is 1.21. The minimum absolute atomic E-state index is 0.0107. The summed E-state index contributed by atoms with van der Waals surface area (Å²) >= 11 is 5.97. The molecule has 1 amide bonds. The number of hydrogen-bond acceptors (Lipinski definition) is 3. The van der Waals surface area contributed by atoms with Crippen molar-refractivity contribution in [3.8, 4) is 0 Å². The monoisotopic (exact) mass is 384 g/mol. The lowest BCUT2D eigenvalue weighted by molar-refractivity contribution is 0.0716. The highest BCUT2D eigenvalue weighted by Crippen LogP contribution is 2.19. The van der Waals surface area contributed by atoms with Gasteiger partial charge in [0.25, 0.3) is 5.91 Å². The van der Waals surface area contributed by atoms with Crippen molar-refractivity contribution < 1.29 is 4.79 Å². The van der Waals surface area contributed by atoms with Gasteiger partial charge in [0.15, 0.2) is 5.65 Å². The molecule has 0 N–H and O–H groups in total. The van der Waals surface area contributed by atoms with Crippen molar-refractivity contribution in [2.45, 2.75) is 40.3 Å². The first-order valence-electron chi connectivity index (χ1n) is 9.34. The van der Waals surface area contributed by atoms with Crippen LogP contribution >= 0.6 is 11.6 Å². The van der Waals surface area contributed by atoms with Crippen molar-refractivity contribution in [3.63, 3.8) is 0 Å². The summed E-state index contributed by atoms with van der Waals surface area (Å²) in [4.78, 5) is 24.2. The van der Waals surface area contributed by atoms with Crippen molar-refractivity contribution in [2.75, 3.05) is 6.54 Å². The zero-order valence-electron chi connectivity index (χ0n) is 16.0. The van der Waals surface area contributed by atoms with E-state index in [9.17, 15) is 4.79 Å².